The average Bonchev–Trinajstić information content (AvgIpc) is 2.77. The van der Waals surface area contributed by atoms with Crippen molar-refractivity contribution in [2.75, 3.05) is 19.7 Å². The lowest BCUT2D eigenvalue weighted by atomic mass is 9.60. The van der Waals surface area contributed by atoms with E-state index in [1.54, 1.807) is 0 Å². The average molecular weight is 269 g/mol. The van der Waals surface area contributed by atoms with Gasteiger partial charge in [0.1, 0.15) is 5.60 Å². The molecular formula is C14H23NO4. The standard InChI is InChI=1S/C14H23NO4/c1-2-19-12(17)13-6-4-10(16)14(18)5-3-8-15(9-7-13)11(13)14/h10-11,16,18H,2-9H2,1H3. The van der Waals surface area contributed by atoms with Gasteiger partial charge in [0.05, 0.1) is 24.2 Å². The number of carbonyl (C=O) groups is 1. The first-order valence-electron chi connectivity index (χ1n) is 7.36. The van der Waals surface area contributed by atoms with Crippen LogP contribution in [0.2, 0.25) is 0 Å². The van der Waals surface area contributed by atoms with Crippen molar-refractivity contribution in [2.24, 2.45) is 5.41 Å². The number of carbonyl (C=O) groups excluding carboxylic acids is 1. The van der Waals surface area contributed by atoms with Crippen molar-refractivity contribution in [2.45, 2.75) is 56.8 Å². The minimum Gasteiger partial charge on any atom is -0.466 e. The predicted molar refractivity (Wildman–Crippen MR) is 68.5 cm³/mol. The van der Waals surface area contributed by atoms with Crippen molar-refractivity contribution in [3.8, 4) is 0 Å². The largest absolute Gasteiger partial charge is 0.466 e. The topological polar surface area (TPSA) is 70.0 Å². The van der Waals surface area contributed by atoms with Gasteiger partial charge in [0.15, 0.2) is 0 Å². The molecule has 108 valence electrons. The fraction of sp³-hybridized carbons (Fsp3) is 0.929. The molecule has 0 spiro atoms. The van der Waals surface area contributed by atoms with Crippen LogP contribution in [0.5, 0.6) is 0 Å². The molecule has 1 aliphatic carbocycles. The molecule has 4 unspecified atom stereocenters. The zero-order valence-corrected chi connectivity index (χ0v) is 11.5. The summed E-state index contributed by atoms with van der Waals surface area (Å²) in [5, 5.41) is 21.1. The summed E-state index contributed by atoms with van der Waals surface area (Å²) in [5.41, 5.74) is -1.75. The molecule has 1 saturated carbocycles. The Labute approximate surface area is 113 Å². The molecule has 5 heteroatoms. The number of nitrogens with zero attached hydrogens (tertiary/aromatic N) is 1. The molecule has 3 fully saturated rings. The molecule has 3 aliphatic rings. The van der Waals surface area contributed by atoms with Crippen LogP contribution in [0.3, 0.4) is 0 Å². The summed E-state index contributed by atoms with van der Waals surface area (Å²) in [4.78, 5) is 14.6. The van der Waals surface area contributed by atoms with Crippen molar-refractivity contribution in [3.63, 3.8) is 0 Å². The highest BCUT2D eigenvalue weighted by Gasteiger charge is 2.66. The summed E-state index contributed by atoms with van der Waals surface area (Å²) in [6.45, 7) is 3.90. The van der Waals surface area contributed by atoms with Crippen LogP contribution in [-0.2, 0) is 9.53 Å². The highest BCUT2D eigenvalue weighted by molar-refractivity contribution is 5.79. The number of aliphatic hydroxyl groups is 2. The van der Waals surface area contributed by atoms with Crippen LogP contribution in [0.4, 0.5) is 0 Å². The molecule has 3 rings (SSSR count). The second kappa shape index (κ2) is 4.43. The summed E-state index contributed by atoms with van der Waals surface area (Å²) in [6.07, 6.45) is 2.59. The van der Waals surface area contributed by atoms with Crippen LogP contribution >= 0.6 is 0 Å². The number of hydrogen-bond acceptors (Lipinski definition) is 5. The number of ether oxygens (including phenoxy) is 1. The van der Waals surface area contributed by atoms with Gasteiger partial charge in [0.2, 0.25) is 0 Å². The number of aliphatic hydroxyl groups excluding tert-OH is 1. The molecule has 0 amide bonds. The fourth-order valence-corrected chi connectivity index (χ4v) is 4.54. The van der Waals surface area contributed by atoms with Crippen molar-refractivity contribution >= 4 is 5.97 Å². The van der Waals surface area contributed by atoms with Gasteiger partial charge in [-0.15, -0.1) is 0 Å². The first kappa shape index (κ1) is 13.3. The van der Waals surface area contributed by atoms with E-state index in [-0.39, 0.29) is 12.0 Å². The normalized spacial score (nSPS) is 45.8. The van der Waals surface area contributed by atoms with Crippen LogP contribution < -0.4 is 0 Å². The van der Waals surface area contributed by atoms with Crippen LogP contribution in [0.25, 0.3) is 0 Å². The van der Waals surface area contributed by atoms with Gasteiger partial charge in [-0.1, -0.05) is 0 Å². The summed E-state index contributed by atoms with van der Waals surface area (Å²) >= 11 is 0. The van der Waals surface area contributed by atoms with E-state index in [2.05, 4.69) is 4.90 Å². The third-order valence-electron chi connectivity index (χ3n) is 5.35. The van der Waals surface area contributed by atoms with E-state index < -0.39 is 17.1 Å². The van der Waals surface area contributed by atoms with E-state index in [0.29, 0.717) is 25.9 Å². The lowest BCUT2D eigenvalue weighted by Crippen LogP contribution is -2.69. The Hall–Kier alpha value is -0.650. The molecular weight excluding hydrogens is 246 g/mol. The first-order chi connectivity index (χ1) is 9.04. The van der Waals surface area contributed by atoms with Crippen LogP contribution in [0, 0.1) is 5.41 Å². The maximum absolute atomic E-state index is 12.4. The van der Waals surface area contributed by atoms with Gasteiger partial charge >= 0.3 is 5.97 Å². The minimum atomic E-state index is -1.14. The Balaban J connectivity index is 1.99. The zero-order valence-electron chi connectivity index (χ0n) is 11.5. The van der Waals surface area contributed by atoms with E-state index in [9.17, 15) is 15.0 Å². The Morgan fingerprint density at radius 2 is 2.16 bits per heavy atom. The van der Waals surface area contributed by atoms with Crippen molar-refractivity contribution < 1.29 is 19.7 Å². The monoisotopic (exact) mass is 269 g/mol. The molecule has 0 aromatic rings. The molecule has 4 atom stereocenters. The Morgan fingerprint density at radius 3 is 2.89 bits per heavy atom. The molecule has 2 saturated heterocycles. The minimum absolute atomic E-state index is 0.185. The quantitative estimate of drug-likeness (QED) is 0.705. The van der Waals surface area contributed by atoms with Crippen LogP contribution in [0.1, 0.15) is 39.0 Å². The number of rotatable bonds is 2. The van der Waals surface area contributed by atoms with Crippen LogP contribution in [-0.4, -0.2) is 58.5 Å². The maximum atomic E-state index is 12.4. The van der Waals surface area contributed by atoms with Gasteiger partial charge in [-0.05, 0) is 52.1 Å². The lowest BCUT2D eigenvalue weighted by molar-refractivity contribution is -0.204. The fourth-order valence-electron chi connectivity index (χ4n) is 4.54. The third kappa shape index (κ3) is 1.68. The summed E-state index contributed by atoms with van der Waals surface area (Å²) in [6, 6.07) is -0.267. The molecule has 0 aromatic heterocycles. The first-order valence-corrected chi connectivity index (χ1v) is 7.36. The zero-order chi connectivity index (χ0) is 13.7. The summed E-state index contributed by atoms with van der Waals surface area (Å²) < 4.78 is 5.27. The Kier molecular flexibility index (Phi) is 3.11. The number of esters is 1. The lowest BCUT2D eigenvalue weighted by Gasteiger charge is -2.54. The molecule has 0 radical (unpaired) electrons. The van der Waals surface area contributed by atoms with Gasteiger partial charge < -0.3 is 14.9 Å². The van der Waals surface area contributed by atoms with E-state index >= 15 is 0 Å². The summed E-state index contributed by atoms with van der Waals surface area (Å²) in [7, 11) is 0. The van der Waals surface area contributed by atoms with E-state index in [4.69, 9.17) is 4.74 Å². The predicted octanol–water partition coefficient (Wildman–Crippen LogP) is 0.290. The van der Waals surface area contributed by atoms with E-state index in [0.717, 1.165) is 25.9 Å². The van der Waals surface area contributed by atoms with Gasteiger partial charge in [0, 0.05) is 0 Å². The highest BCUT2D eigenvalue weighted by atomic mass is 16.5. The molecule has 5 nitrogen and oxygen atoms in total. The van der Waals surface area contributed by atoms with Crippen molar-refractivity contribution in [1.82, 2.24) is 4.90 Å². The van der Waals surface area contributed by atoms with Crippen LogP contribution in [0.15, 0.2) is 0 Å². The Bertz CT molecular complexity index is 388. The van der Waals surface area contributed by atoms with Crippen molar-refractivity contribution in [3.05, 3.63) is 0 Å². The summed E-state index contributed by atoms with van der Waals surface area (Å²) in [5.74, 6) is -0.185. The number of hydrogen-bond donors (Lipinski definition) is 2. The van der Waals surface area contributed by atoms with Gasteiger partial charge in [-0.25, -0.2) is 0 Å². The SMILES string of the molecule is CCOC(=O)C12CCC(O)C3(O)CCCN(CC1)C23. The molecule has 2 heterocycles. The van der Waals surface area contributed by atoms with Gasteiger partial charge in [0.25, 0.3) is 0 Å². The van der Waals surface area contributed by atoms with Gasteiger partial charge in [-0.3, -0.25) is 9.69 Å². The van der Waals surface area contributed by atoms with E-state index in [1.807, 2.05) is 6.92 Å². The molecule has 2 aliphatic heterocycles. The number of piperidine rings is 1. The molecule has 0 bridgehead atoms. The van der Waals surface area contributed by atoms with Gasteiger partial charge in [-0.2, -0.15) is 0 Å². The maximum Gasteiger partial charge on any atom is 0.313 e. The molecule has 19 heavy (non-hydrogen) atoms. The molecule has 0 aromatic carbocycles. The Morgan fingerprint density at radius 1 is 1.37 bits per heavy atom. The van der Waals surface area contributed by atoms with Crippen molar-refractivity contribution in [1.29, 1.82) is 0 Å². The smallest absolute Gasteiger partial charge is 0.313 e. The second-order valence-corrected chi connectivity index (χ2v) is 6.21. The van der Waals surface area contributed by atoms with E-state index in [1.165, 1.54) is 0 Å². The highest BCUT2D eigenvalue weighted by Crippen LogP contribution is 2.54. The third-order valence-corrected chi connectivity index (χ3v) is 5.35. The second-order valence-electron chi connectivity index (χ2n) is 6.21. The molecule has 2 N–H and O–H groups in total.